The molecular weight excluding hydrogens is 211 g/mol. The van der Waals surface area contributed by atoms with Crippen LogP contribution >= 0.6 is 8.58 Å². The standard InChI is InChI=1S/C7H9O6P/c8-3(9)1-2-7(6(12)13)4(14-7)5(10)11/h4,14H,1-2H2,(H,8,9)(H,10,11)(H,12,13). The molecule has 1 aliphatic rings. The van der Waals surface area contributed by atoms with E-state index in [0.717, 1.165) is 0 Å². The van der Waals surface area contributed by atoms with Crippen LogP contribution in [0.15, 0.2) is 0 Å². The highest BCUT2D eigenvalue weighted by atomic mass is 31.1. The molecule has 3 unspecified atom stereocenters. The Bertz CT molecular complexity index is 301. The third-order valence-electron chi connectivity index (χ3n) is 2.17. The Kier molecular flexibility index (Phi) is 2.76. The minimum atomic E-state index is -1.32. The predicted molar refractivity (Wildman–Crippen MR) is 47.0 cm³/mol. The molecule has 1 fully saturated rings. The highest BCUT2D eigenvalue weighted by molar-refractivity contribution is 7.53. The van der Waals surface area contributed by atoms with E-state index in [4.69, 9.17) is 15.3 Å². The first kappa shape index (κ1) is 10.9. The van der Waals surface area contributed by atoms with Crippen molar-refractivity contribution in [2.24, 2.45) is 0 Å². The SMILES string of the molecule is O=C(O)CCC1(C(=O)O)PC1C(=O)O. The van der Waals surface area contributed by atoms with Gasteiger partial charge < -0.3 is 15.3 Å². The van der Waals surface area contributed by atoms with Gasteiger partial charge in [0, 0.05) is 6.42 Å². The molecule has 0 aromatic heterocycles. The summed E-state index contributed by atoms with van der Waals surface area (Å²) in [5, 5.41) is 24.4. The molecule has 14 heavy (non-hydrogen) atoms. The predicted octanol–water partition coefficient (Wildman–Crippen LogP) is -0.180. The summed E-state index contributed by atoms with van der Waals surface area (Å²) in [6.07, 6.45) is -0.407. The van der Waals surface area contributed by atoms with Crippen LogP contribution < -0.4 is 0 Å². The molecule has 1 saturated heterocycles. The molecule has 78 valence electrons. The maximum Gasteiger partial charge on any atom is 0.315 e. The van der Waals surface area contributed by atoms with Gasteiger partial charge in [-0.25, -0.2) is 0 Å². The summed E-state index contributed by atoms with van der Waals surface area (Å²) in [7, 11) is -0.216. The average Bonchev–Trinajstić information content (AvgIpc) is 2.76. The quantitative estimate of drug-likeness (QED) is 0.554. The van der Waals surface area contributed by atoms with Crippen molar-refractivity contribution in [2.75, 3.05) is 0 Å². The number of aliphatic carboxylic acids is 3. The van der Waals surface area contributed by atoms with E-state index in [9.17, 15) is 14.4 Å². The Labute approximate surface area is 80.7 Å². The molecule has 6 nitrogen and oxygen atoms in total. The second-order valence-corrected chi connectivity index (χ2v) is 4.84. The lowest BCUT2D eigenvalue weighted by Crippen LogP contribution is -2.30. The molecular formula is C7H9O6P. The van der Waals surface area contributed by atoms with Crippen molar-refractivity contribution < 1.29 is 29.7 Å². The second kappa shape index (κ2) is 3.53. The minimum Gasteiger partial charge on any atom is -0.481 e. The number of carboxylic acid groups (broad SMARTS) is 3. The van der Waals surface area contributed by atoms with Crippen molar-refractivity contribution in [1.82, 2.24) is 0 Å². The average molecular weight is 220 g/mol. The van der Waals surface area contributed by atoms with Crippen LogP contribution in [0.3, 0.4) is 0 Å². The van der Waals surface area contributed by atoms with Gasteiger partial charge in [-0.15, -0.1) is 0 Å². The Hall–Kier alpha value is -1.16. The normalized spacial score (nSPS) is 31.3. The molecule has 0 spiro atoms. The molecule has 0 amide bonds. The Balaban J connectivity index is 2.64. The van der Waals surface area contributed by atoms with Crippen LogP contribution in [-0.4, -0.2) is 44.0 Å². The van der Waals surface area contributed by atoms with Gasteiger partial charge in [0.2, 0.25) is 0 Å². The second-order valence-electron chi connectivity index (χ2n) is 3.09. The summed E-state index contributed by atoms with van der Waals surface area (Å²) in [6.45, 7) is 0. The van der Waals surface area contributed by atoms with Gasteiger partial charge in [0.1, 0.15) is 5.16 Å². The summed E-state index contributed by atoms with van der Waals surface area (Å²) >= 11 is 0. The zero-order valence-corrected chi connectivity index (χ0v) is 8.06. The van der Waals surface area contributed by atoms with Gasteiger partial charge in [-0.05, 0) is 6.42 Å². The van der Waals surface area contributed by atoms with E-state index in [1.807, 2.05) is 0 Å². The maximum absolute atomic E-state index is 10.8. The molecule has 0 aromatic rings. The highest BCUT2D eigenvalue weighted by Crippen LogP contribution is 2.63. The third-order valence-corrected chi connectivity index (χ3v) is 4.16. The number of hydrogen-bond acceptors (Lipinski definition) is 3. The zero-order valence-electron chi connectivity index (χ0n) is 7.06. The van der Waals surface area contributed by atoms with Gasteiger partial charge in [-0.1, -0.05) is 8.58 Å². The van der Waals surface area contributed by atoms with Crippen LogP contribution in [0, 0.1) is 0 Å². The molecule has 0 radical (unpaired) electrons. The van der Waals surface area contributed by atoms with Gasteiger partial charge >= 0.3 is 17.9 Å². The van der Waals surface area contributed by atoms with E-state index in [-0.39, 0.29) is 21.4 Å². The Morgan fingerprint density at radius 2 is 1.79 bits per heavy atom. The number of hydrogen-bond donors (Lipinski definition) is 3. The van der Waals surface area contributed by atoms with Crippen molar-refractivity contribution >= 4 is 26.5 Å². The van der Waals surface area contributed by atoms with Gasteiger partial charge in [-0.3, -0.25) is 14.4 Å². The Morgan fingerprint density at radius 3 is 2.07 bits per heavy atom. The summed E-state index contributed by atoms with van der Waals surface area (Å²) in [6, 6.07) is 0. The summed E-state index contributed by atoms with van der Waals surface area (Å²) < 4.78 is 0. The molecule has 1 rings (SSSR count). The van der Waals surface area contributed by atoms with E-state index in [2.05, 4.69) is 0 Å². The van der Waals surface area contributed by atoms with E-state index < -0.39 is 28.7 Å². The first-order valence-electron chi connectivity index (χ1n) is 3.86. The summed E-state index contributed by atoms with van der Waals surface area (Å²) in [4.78, 5) is 31.5. The lowest BCUT2D eigenvalue weighted by atomic mass is 10.00. The first-order valence-corrected chi connectivity index (χ1v) is 4.93. The molecule has 1 aliphatic heterocycles. The topological polar surface area (TPSA) is 112 Å². The van der Waals surface area contributed by atoms with Crippen LogP contribution in [0.2, 0.25) is 0 Å². The number of carboxylic acids is 3. The van der Waals surface area contributed by atoms with E-state index >= 15 is 0 Å². The van der Waals surface area contributed by atoms with E-state index in [1.54, 1.807) is 0 Å². The lowest BCUT2D eigenvalue weighted by Gasteiger charge is -2.07. The van der Waals surface area contributed by atoms with Gasteiger partial charge in [0.25, 0.3) is 0 Å². The molecule has 3 atom stereocenters. The fraction of sp³-hybridized carbons (Fsp3) is 0.571. The van der Waals surface area contributed by atoms with Crippen molar-refractivity contribution in [3.8, 4) is 0 Å². The molecule has 0 aromatic carbocycles. The van der Waals surface area contributed by atoms with Gasteiger partial charge in [0.05, 0.1) is 5.66 Å². The molecule has 1 heterocycles. The van der Waals surface area contributed by atoms with Crippen molar-refractivity contribution in [3.05, 3.63) is 0 Å². The first-order chi connectivity index (χ1) is 6.40. The lowest BCUT2D eigenvalue weighted by molar-refractivity contribution is -0.144. The van der Waals surface area contributed by atoms with E-state index in [1.165, 1.54) is 0 Å². The van der Waals surface area contributed by atoms with E-state index in [0.29, 0.717) is 0 Å². The van der Waals surface area contributed by atoms with Crippen LogP contribution in [0.4, 0.5) is 0 Å². The summed E-state index contributed by atoms with van der Waals surface area (Å²) in [5.41, 5.74) is -0.903. The van der Waals surface area contributed by atoms with Crippen LogP contribution in [0.5, 0.6) is 0 Å². The van der Waals surface area contributed by atoms with Crippen molar-refractivity contribution in [1.29, 1.82) is 0 Å². The Morgan fingerprint density at radius 1 is 1.21 bits per heavy atom. The van der Waals surface area contributed by atoms with Gasteiger partial charge in [0.15, 0.2) is 0 Å². The molecule has 0 bridgehead atoms. The molecule has 7 heteroatoms. The number of rotatable bonds is 5. The largest absolute Gasteiger partial charge is 0.481 e. The van der Waals surface area contributed by atoms with Crippen molar-refractivity contribution in [3.63, 3.8) is 0 Å². The number of carbonyl (C=O) groups is 3. The molecule has 0 saturated carbocycles. The van der Waals surface area contributed by atoms with Gasteiger partial charge in [-0.2, -0.15) is 0 Å². The van der Waals surface area contributed by atoms with Crippen LogP contribution in [0.1, 0.15) is 12.8 Å². The van der Waals surface area contributed by atoms with Crippen molar-refractivity contribution in [2.45, 2.75) is 23.7 Å². The fourth-order valence-corrected chi connectivity index (χ4v) is 2.64. The third kappa shape index (κ3) is 1.85. The van der Waals surface area contributed by atoms with Crippen LogP contribution in [-0.2, 0) is 14.4 Å². The molecule has 3 N–H and O–H groups in total. The fourth-order valence-electron chi connectivity index (χ4n) is 1.30. The minimum absolute atomic E-state index is 0.104. The smallest absolute Gasteiger partial charge is 0.315 e. The zero-order chi connectivity index (χ0) is 10.9. The highest BCUT2D eigenvalue weighted by Gasteiger charge is 2.64. The molecule has 0 aliphatic carbocycles. The maximum atomic E-state index is 10.8. The monoisotopic (exact) mass is 220 g/mol. The summed E-state index contributed by atoms with van der Waals surface area (Å²) in [5.74, 6) is -3.47. The van der Waals surface area contributed by atoms with Crippen LogP contribution in [0.25, 0.3) is 0 Å².